The van der Waals surface area contributed by atoms with E-state index in [0.717, 1.165) is 17.9 Å². The summed E-state index contributed by atoms with van der Waals surface area (Å²) in [5.41, 5.74) is 3.36. The highest BCUT2D eigenvalue weighted by Gasteiger charge is 2.16. The molecular weight excluding hydrogens is 278 g/mol. The van der Waals surface area contributed by atoms with Gasteiger partial charge in [-0.3, -0.25) is 9.48 Å². The largest absolute Gasteiger partial charge is 0.396 e. The highest BCUT2D eigenvalue weighted by molar-refractivity contribution is 5.76. The average Bonchev–Trinajstić information content (AvgIpc) is 2.69. The number of rotatable bonds is 8. The lowest BCUT2D eigenvalue weighted by atomic mass is 10.0. The fourth-order valence-corrected chi connectivity index (χ4v) is 2.48. The van der Waals surface area contributed by atoms with Crippen molar-refractivity contribution in [3.05, 3.63) is 17.0 Å². The van der Waals surface area contributed by atoms with E-state index in [9.17, 15) is 4.79 Å². The second-order valence-corrected chi connectivity index (χ2v) is 6.74. The number of hydrogen-bond acceptors (Lipinski definition) is 3. The Kier molecular flexibility index (Phi) is 7.07. The Morgan fingerprint density at radius 3 is 2.45 bits per heavy atom. The van der Waals surface area contributed by atoms with Crippen LogP contribution >= 0.6 is 0 Å². The van der Waals surface area contributed by atoms with Crippen molar-refractivity contribution in [2.75, 3.05) is 6.61 Å². The summed E-state index contributed by atoms with van der Waals surface area (Å²) in [6, 6.07) is -0.0108. The minimum Gasteiger partial charge on any atom is -0.396 e. The molecule has 5 heteroatoms. The van der Waals surface area contributed by atoms with Crippen LogP contribution in [0.25, 0.3) is 0 Å². The standard InChI is InChI=1S/C17H31N3O2/c1-11(2)9-20-15(6)16(14(5)19-20)7-8-17(22)18-13(4)12(3)10-21/h11-13,21H,7-10H2,1-6H3,(H,18,22). The van der Waals surface area contributed by atoms with E-state index in [0.29, 0.717) is 18.8 Å². The summed E-state index contributed by atoms with van der Waals surface area (Å²) in [4.78, 5) is 12.0. The molecule has 0 aliphatic heterocycles. The van der Waals surface area contributed by atoms with Crippen molar-refractivity contribution in [3.63, 3.8) is 0 Å². The minimum absolute atomic E-state index is 0.0108. The van der Waals surface area contributed by atoms with Crippen molar-refractivity contribution in [1.82, 2.24) is 15.1 Å². The summed E-state index contributed by atoms with van der Waals surface area (Å²) in [5, 5.41) is 16.6. The van der Waals surface area contributed by atoms with Crippen molar-refractivity contribution in [2.24, 2.45) is 11.8 Å². The number of aromatic nitrogens is 2. The summed E-state index contributed by atoms with van der Waals surface area (Å²) < 4.78 is 2.05. The van der Waals surface area contributed by atoms with Crippen LogP contribution in [0.4, 0.5) is 0 Å². The van der Waals surface area contributed by atoms with Crippen LogP contribution in [-0.4, -0.2) is 33.4 Å². The van der Waals surface area contributed by atoms with E-state index in [1.165, 1.54) is 5.56 Å². The first-order chi connectivity index (χ1) is 10.3. The molecular formula is C17H31N3O2. The number of carbonyl (C=O) groups is 1. The summed E-state index contributed by atoms with van der Waals surface area (Å²) in [6.45, 7) is 13.3. The van der Waals surface area contributed by atoms with Crippen molar-refractivity contribution < 1.29 is 9.90 Å². The molecule has 0 saturated heterocycles. The molecule has 2 atom stereocenters. The molecule has 0 spiro atoms. The molecule has 0 saturated carbocycles. The van der Waals surface area contributed by atoms with Gasteiger partial charge in [-0.2, -0.15) is 5.10 Å². The van der Waals surface area contributed by atoms with E-state index >= 15 is 0 Å². The van der Waals surface area contributed by atoms with Gasteiger partial charge in [-0.25, -0.2) is 0 Å². The number of aliphatic hydroxyl groups excluding tert-OH is 1. The second-order valence-electron chi connectivity index (χ2n) is 6.74. The van der Waals surface area contributed by atoms with Crippen molar-refractivity contribution >= 4 is 5.91 Å². The first-order valence-corrected chi connectivity index (χ1v) is 8.19. The van der Waals surface area contributed by atoms with Gasteiger partial charge in [-0.05, 0) is 44.6 Å². The van der Waals surface area contributed by atoms with Crippen LogP contribution in [0.3, 0.4) is 0 Å². The Bertz CT molecular complexity index is 494. The number of nitrogens with one attached hydrogen (secondary N) is 1. The molecule has 1 amide bonds. The Morgan fingerprint density at radius 2 is 1.91 bits per heavy atom. The summed E-state index contributed by atoms with van der Waals surface area (Å²) >= 11 is 0. The number of carbonyl (C=O) groups excluding carboxylic acids is 1. The fourth-order valence-electron chi connectivity index (χ4n) is 2.48. The average molecular weight is 309 g/mol. The van der Waals surface area contributed by atoms with Gasteiger partial charge in [0.2, 0.25) is 5.91 Å². The van der Waals surface area contributed by atoms with E-state index < -0.39 is 0 Å². The lowest BCUT2D eigenvalue weighted by Gasteiger charge is -2.19. The van der Waals surface area contributed by atoms with E-state index in [4.69, 9.17) is 5.11 Å². The third-order valence-electron chi connectivity index (χ3n) is 4.20. The van der Waals surface area contributed by atoms with Crippen LogP contribution in [-0.2, 0) is 17.8 Å². The lowest BCUT2D eigenvalue weighted by molar-refractivity contribution is -0.122. The van der Waals surface area contributed by atoms with Gasteiger partial charge in [-0.1, -0.05) is 20.8 Å². The van der Waals surface area contributed by atoms with Crippen LogP contribution in [0.2, 0.25) is 0 Å². The number of hydrogen-bond donors (Lipinski definition) is 2. The summed E-state index contributed by atoms with van der Waals surface area (Å²) in [5.74, 6) is 0.652. The maximum absolute atomic E-state index is 12.0. The highest BCUT2D eigenvalue weighted by Crippen LogP contribution is 2.16. The SMILES string of the molecule is Cc1nn(CC(C)C)c(C)c1CCC(=O)NC(C)C(C)CO. The molecule has 0 bridgehead atoms. The van der Waals surface area contributed by atoms with Gasteiger partial charge in [0.25, 0.3) is 0 Å². The monoisotopic (exact) mass is 309 g/mol. The second kappa shape index (κ2) is 8.32. The first-order valence-electron chi connectivity index (χ1n) is 8.19. The van der Waals surface area contributed by atoms with Crippen molar-refractivity contribution in [1.29, 1.82) is 0 Å². The lowest BCUT2D eigenvalue weighted by Crippen LogP contribution is -2.38. The maximum Gasteiger partial charge on any atom is 0.220 e. The van der Waals surface area contributed by atoms with Crippen LogP contribution in [0, 0.1) is 25.7 Å². The molecule has 0 aromatic carbocycles. The number of amides is 1. The van der Waals surface area contributed by atoms with E-state index in [1.54, 1.807) is 0 Å². The molecule has 0 aliphatic carbocycles. The molecule has 2 unspecified atom stereocenters. The predicted molar refractivity (Wildman–Crippen MR) is 88.7 cm³/mol. The molecule has 1 rings (SSSR count). The molecule has 0 radical (unpaired) electrons. The number of nitrogens with zero attached hydrogens (tertiary/aromatic N) is 2. The number of aryl methyl sites for hydroxylation is 1. The Morgan fingerprint density at radius 1 is 1.27 bits per heavy atom. The maximum atomic E-state index is 12.0. The third-order valence-corrected chi connectivity index (χ3v) is 4.20. The van der Waals surface area contributed by atoms with E-state index in [-0.39, 0.29) is 24.5 Å². The quantitative estimate of drug-likeness (QED) is 0.774. The summed E-state index contributed by atoms with van der Waals surface area (Å²) in [6.07, 6.45) is 1.17. The first kappa shape index (κ1) is 18.7. The highest BCUT2D eigenvalue weighted by atomic mass is 16.3. The smallest absolute Gasteiger partial charge is 0.220 e. The van der Waals surface area contributed by atoms with E-state index in [2.05, 4.69) is 31.2 Å². The van der Waals surface area contributed by atoms with Gasteiger partial charge in [-0.15, -0.1) is 0 Å². The van der Waals surface area contributed by atoms with Gasteiger partial charge in [0.05, 0.1) is 5.69 Å². The molecule has 2 N–H and O–H groups in total. The van der Waals surface area contributed by atoms with Gasteiger partial charge in [0.1, 0.15) is 0 Å². The van der Waals surface area contributed by atoms with Gasteiger partial charge in [0, 0.05) is 31.3 Å². The third kappa shape index (κ3) is 5.13. The van der Waals surface area contributed by atoms with Gasteiger partial charge in [0.15, 0.2) is 0 Å². The Balaban J connectivity index is 2.61. The van der Waals surface area contributed by atoms with Crippen molar-refractivity contribution in [2.45, 2.75) is 67.0 Å². The van der Waals surface area contributed by atoms with Crippen molar-refractivity contribution in [3.8, 4) is 0 Å². The molecule has 0 fully saturated rings. The van der Waals surface area contributed by atoms with Crippen LogP contribution in [0.5, 0.6) is 0 Å². The zero-order valence-corrected chi connectivity index (χ0v) is 14.8. The predicted octanol–water partition coefficient (Wildman–Crippen LogP) is 2.22. The molecule has 1 aromatic rings. The fraction of sp³-hybridized carbons (Fsp3) is 0.765. The summed E-state index contributed by atoms with van der Waals surface area (Å²) in [7, 11) is 0. The topological polar surface area (TPSA) is 67.2 Å². The molecule has 0 aliphatic rings. The molecule has 1 aromatic heterocycles. The zero-order chi connectivity index (χ0) is 16.9. The molecule has 5 nitrogen and oxygen atoms in total. The Labute approximate surface area is 134 Å². The van der Waals surface area contributed by atoms with E-state index in [1.807, 2.05) is 25.5 Å². The molecule has 1 heterocycles. The molecule has 22 heavy (non-hydrogen) atoms. The van der Waals surface area contributed by atoms with Crippen LogP contribution in [0.1, 0.15) is 51.1 Å². The van der Waals surface area contributed by atoms with Gasteiger partial charge < -0.3 is 10.4 Å². The van der Waals surface area contributed by atoms with Gasteiger partial charge >= 0.3 is 0 Å². The number of aliphatic hydroxyl groups is 1. The minimum atomic E-state index is -0.0108. The molecule has 126 valence electrons. The normalized spacial score (nSPS) is 14.2. The van der Waals surface area contributed by atoms with Crippen LogP contribution < -0.4 is 5.32 Å². The van der Waals surface area contributed by atoms with Crippen LogP contribution in [0.15, 0.2) is 0 Å². The Hall–Kier alpha value is -1.36. The zero-order valence-electron chi connectivity index (χ0n) is 14.8.